The van der Waals surface area contributed by atoms with Crippen molar-refractivity contribution >= 4 is 33.3 Å². The number of aromatic nitrogens is 1. The first-order valence-corrected chi connectivity index (χ1v) is 8.59. The number of rotatable bonds is 6. The summed E-state index contributed by atoms with van der Waals surface area (Å²) < 4.78 is 6.04. The van der Waals surface area contributed by atoms with Crippen molar-refractivity contribution in [2.45, 2.75) is 19.8 Å². The summed E-state index contributed by atoms with van der Waals surface area (Å²) in [5.74, 6) is -0.234. The van der Waals surface area contributed by atoms with E-state index < -0.39 is 0 Å². The van der Waals surface area contributed by atoms with Crippen LogP contribution in [0, 0.1) is 0 Å². The van der Waals surface area contributed by atoms with E-state index in [1.165, 1.54) is 0 Å². The van der Waals surface area contributed by atoms with Crippen molar-refractivity contribution in [1.82, 2.24) is 4.98 Å². The smallest absolute Gasteiger partial charge is 0.338 e. The fourth-order valence-corrected chi connectivity index (χ4v) is 3.42. The van der Waals surface area contributed by atoms with Gasteiger partial charge in [-0.05, 0) is 36.8 Å². The Morgan fingerprint density at radius 1 is 1.04 bits per heavy atom. The maximum atomic E-state index is 12.3. The van der Waals surface area contributed by atoms with Crippen molar-refractivity contribution in [3.63, 3.8) is 0 Å². The fourth-order valence-electron chi connectivity index (χ4n) is 2.43. The molecule has 0 radical (unpaired) electrons. The van der Waals surface area contributed by atoms with E-state index >= 15 is 0 Å². The molecule has 0 N–H and O–H groups in total. The molecule has 0 amide bonds. The number of esters is 1. The molecule has 0 bridgehead atoms. The van der Waals surface area contributed by atoms with Crippen molar-refractivity contribution in [3.05, 3.63) is 64.7 Å². The highest BCUT2D eigenvalue weighted by Crippen LogP contribution is 2.22. The molecule has 1 aromatic heterocycles. The van der Waals surface area contributed by atoms with E-state index in [-0.39, 0.29) is 11.8 Å². The van der Waals surface area contributed by atoms with Crippen LogP contribution in [-0.4, -0.2) is 23.3 Å². The molecule has 1 heterocycles. The van der Waals surface area contributed by atoms with Gasteiger partial charge in [0.1, 0.15) is 10.8 Å². The minimum Gasteiger partial charge on any atom is -0.462 e. The van der Waals surface area contributed by atoms with Gasteiger partial charge >= 0.3 is 5.97 Å². The van der Waals surface area contributed by atoms with E-state index in [4.69, 9.17) is 4.74 Å². The normalized spacial score (nSPS) is 10.7. The number of carbonyl (C=O) groups excluding carboxylic acids is 2. The van der Waals surface area contributed by atoms with Crippen LogP contribution in [0.4, 0.5) is 0 Å². The summed E-state index contributed by atoms with van der Waals surface area (Å²) in [7, 11) is 0. The third-order valence-corrected chi connectivity index (χ3v) is 4.59. The number of hydrogen-bond donors (Lipinski definition) is 0. The lowest BCUT2D eigenvalue weighted by molar-refractivity contribution is -0.117. The zero-order valence-electron chi connectivity index (χ0n) is 13.3. The second kappa shape index (κ2) is 7.36. The van der Waals surface area contributed by atoms with E-state index in [0.717, 1.165) is 20.8 Å². The SMILES string of the molecule is CCOC(=O)c1ccc(CC(=O)Cc2nc3ccccc3s2)cc1. The van der Waals surface area contributed by atoms with Gasteiger partial charge in [-0.2, -0.15) is 0 Å². The van der Waals surface area contributed by atoms with Crippen molar-refractivity contribution < 1.29 is 14.3 Å². The second-order valence-electron chi connectivity index (χ2n) is 5.38. The van der Waals surface area contributed by atoms with Crippen LogP contribution in [0.1, 0.15) is 27.9 Å². The highest BCUT2D eigenvalue weighted by Gasteiger charge is 2.11. The number of thiazole rings is 1. The zero-order valence-corrected chi connectivity index (χ0v) is 14.1. The van der Waals surface area contributed by atoms with Crippen LogP contribution in [-0.2, 0) is 22.4 Å². The maximum Gasteiger partial charge on any atom is 0.338 e. The topological polar surface area (TPSA) is 56.3 Å². The Morgan fingerprint density at radius 2 is 1.79 bits per heavy atom. The molecule has 0 atom stereocenters. The van der Waals surface area contributed by atoms with Gasteiger partial charge in [-0.15, -0.1) is 11.3 Å². The first-order valence-electron chi connectivity index (χ1n) is 7.78. The van der Waals surface area contributed by atoms with Crippen LogP contribution < -0.4 is 0 Å². The van der Waals surface area contributed by atoms with Crippen LogP contribution in [0.15, 0.2) is 48.5 Å². The van der Waals surface area contributed by atoms with Crippen LogP contribution >= 0.6 is 11.3 Å². The summed E-state index contributed by atoms with van der Waals surface area (Å²) in [5.41, 5.74) is 2.32. The van der Waals surface area contributed by atoms with Gasteiger partial charge in [0.05, 0.1) is 28.8 Å². The molecule has 0 spiro atoms. The van der Waals surface area contributed by atoms with Crippen molar-refractivity contribution in [3.8, 4) is 0 Å². The second-order valence-corrected chi connectivity index (χ2v) is 6.50. The van der Waals surface area contributed by atoms with E-state index in [1.54, 1.807) is 42.5 Å². The summed E-state index contributed by atoms with van der Waals surface area (Å²) in [6, 6.07) is 14.8. The average Bonchev–Trinajstić information content (AvgIpc) is 2.97. The number of ether oxygens (including phenoxy) is 1. The summed E-state index contributed by atoms with van der Waals surface area (Å²) >= 11 is 1.55. The molecule has 0 fully saturated rings. The lowest BCUT2D eigenvalue weighted by Crippen LogP contribution is -2.07. The van der Waals surface area contributed by atoms with Gasteiger partial charge in [0.15, 0.2) is 0 Å². The minimum absolute atomic E-state index is 0.109. The Morgan fingerprint density at radius 3 is 2.50 bits per heavy atom. The number of benzene rings is 2. The molecule has 4 nitrogen and oxygen atoms in total. The Bertz CT molecular complexity index is 835. The maximum absolute atomic E-state index is 12.3. The first kappa shape index (κ1) is 16.3. The summed E-state index contributed by atoms with van der Waals surface area (Å²) in [4.78, 5) is 28.4. The van der Waals surface area contributed by atoms with Crippen LogP contribution in [0.5, 0.6) is 0 Å². The molecule has 3 aromatic rings. The molecule has 0 saturated carbocycles. The third kappa shape index (κ3) is 3.86. The molecule has 0 saturated heterocycles. The quantitative estimate of drug-likeness (QED) is 0.641. The van der Waals surface area contributed by atoms with E-state index in [2.05, 4.69) is 4.98 Å². The van der Waals surface area contributed by atoms with Crippen molar-refractivity contribution in [1.29, 1.82) is 0 Å². The van der Waals surface area contributed by atoms with Gasteiger partial charge in [-0.3, -0.25) is 4.79 Å². The zero-order chi connectivity index (χ0) is 16.9. The minimum atomic E-state index is -0.343. The molecular formula is C19H17NO3S. The summed E-state index contributed by atoms with van der Waals surface area (Å²) in [5, 5.41) is 0.837. The molecule has 0 aliphatic heterocycles. The van der Waals surface area contributed by atoms with Gasteiger partial charge in [0.25, 0.3) is 0 Å². The number of carbonyl (C=O) groups is 2. The van der Waals surface area contributed by atoms with E-state index in [0.29, 0.717) is 25.0 Å². The van der Waals surface area contributed by atoms with Gasteiger partial charge in [0, 0.05) is 6.42 Å². The number of hydrogen-bond acceptors (Lipinski definition) is 5. The number of ketones is 1. The fraction of sp³-hybridized carbons (Fsp3) is 0.211. The molecule has 0 aliphatic rings. The Balaban J connectivity index is 1.63. The monoisotopic (exact) mass is 339 g/mol. The summed E-state index contributed by atoms with van der Waals surface area (Å²) in [6.45, 7) is 2.12. The molecule has 3 rings (SSSR count). The summed E-state index contributed by atoms with van der Waals surface area (Å²) in [6.07, 6.45) is 0.665. The predicted octanol–water partition coefficient (Wildman–Crippen LogP) is 3.83. The van der Waals surface area contributed by atoms with Crippen LogP contribution in [0.3, 0.4) is 0 Å². The number of para-hydroxylation sites is 1. The van der Waals surface area contributed by atoms with E-state index in [9.17, 15) is 9.59 Å². The third-order valence-electron chi connectivity index (χ3n) is 3.55. The highest BCUT2D eigenvalue weighted by atomic mass is 32.1. The molecule has 0 aliphatic carbocycles. The molecule has 5 heteroatoms. The van der Waals surface area contributed by atoms with Crippen molar-refractivity contribution in [2.75, 3.05) is 6.61 Å². The molecule has 122 valence electrons. The van der Waals surface area contributed by atoms with Crippen LogP contribution in [0.2, 0.25) is 0 Å². The highest BCUT2D eigenvalue weighted by molar-refractivity contribution is 7.18. The first-order chi connectivity index (χ1) is 11.7. The Hall–Kier alpha value is -2.53. The predicted molar refractivity (Wildman–Crippen MR) is 94.4 cm³/mol. The van der Waals surface area contributed by atoms with E-state index in [1.807, 2.05) is 24.3 Å². The molecule has 0 unspecified atom stereocenters. The Kier molecular flexibility index (Phi) is 5.01. The standard InChI is InChI=1S/C19H17NO3S/c1-2-23-19(22)14-9-7-13(8-10-14)11-15(21)12-18-20-16-5-3-4-6-17(16)24-18/h3-10H,2,11-12H2,1H3. The van der Waals surface area contributed by atoms with Crippen molar-refractivity contribution in [2.24, 2.45) is 0 Å². The lowest BCUT2D eigenvalue weighted by Gasteiger charge is -2.03. The number of fused-ring (bicyclic) bond motifs is 1. The van der Waals surface area contributed by atoms with Gasteiger partial charge in [-0.25, -0.2) is 9.78 Å². The average molecular weight is 339 g/mol. The number of nitrogens with zero attached hydrogens (tertiary/aromatic N) is 1. The lowest BCUT2D eigenvalue weighted by atomic mass is 10.1. The largest absolute Gasteiger partial charge is 0.462 e. The Labute approximate surface area is 144 Å². The number of Topliss-reactive ketones (excluding diaryl/α,β-unsaturated/α-hetero) is 1. The molecular weight excluding hydrogens is 322 g/mol. The molecule has 2 aromatic carbocycles. The van der Waals surface area contributed by atoms with Gasteiger partial charge < -0.3 is 4.74 Å². The van der Waals surface area contributed by atoms with Gasteiger partial charge in [0.2, 0.25) is 0 Å². The van der Waals surface area contributed by atoms with Crippen LogP contribution in [0.25, 0.3) is 10.2 Å². The molecule has 24 heavy (non-hydrogen) atoms. The van der Waals surface area contributed by atoms with Gasteiger partial charge in [-0.1, -0.05) is 24.3 Å².